The molecule has 0 saturated carbocycles. The van der Waals surface area contributed by atoms with Crippen molar-refractivity contribution in [3.63, 3.8) is 0 Å². The molecule has 2 heterocycles. The Hall–Kier alpha value is -2.81. The Morgan fingerprint density at radius 1 is 1.21 bits per heavy atom. The van der Waals surface area contributed by atoms with Crippen LogP contribution in [0.2, 0.25) is 0 Å². The standard InChI is InChI=1S/C15H10F2N2O4S/c1-24(21,22)14-6-11(16)10(5-12(14)17)13-8-23-15(20)19(13)9-3-2-4-18-7-9/h2-8H,1H3. The summed E-state index contributed by atoms with van der Waals surface area (Å²) in [6, 6.07) is 4.38. The molecule has 0 atom stereocenters. The molecule has 124 valence electrons. The highest BCUT2D eigenvalue weighted by molar-refractivity contribution is 7.90. The molecule has 0 N–H and O–H groups in total. The molecule has 0 amide bonds. The summed E-state index contributed by atoms with van der Waals surface area (Å²) in [6.07, 6.45) is 4.57. The number of oxazole rings is 1. The van der Waals surface area contributed by atoms with Crippen LogP contribution in [0.5, 0.6) is 0 Å². The summed E-state index contributed by atoms with van der Waals surface area (Å²) in [5.74, 6) is -2.94. The number of benzene rings is 1. The zero-order chi connectivity index (χ0) is 17.5. The van der Waals surface area contributed by atoms with Crippen LogP contribution in [0.1, 0.15) is 0 Å². The third-order valence-corrected chi connectivity index (χ3v) is 4.41. The molecule has 0 unspecified atom stereocenters. The summed E-state index contributed by atoms with van der Waals surface area (Å²) < 4.78 is 57.1. The van der Waals surface area contributed by atoms with Crippen molar-refractivity contribution < 1.29 is 21.6 Å². The van der Waals surface area contributed by atoms with Crippen molar-refractivity contribution in [2.45, 2.75) is 4.90 Å². The predicted molar refractivity (Wildman–Crippen MR) is 80.6 cm³/mol. The maximum atomic E-state index is 14.3. The van der Waals surface area contributed by atoms with Gasteiger partial charge >= 0.3 is 5.76 Å². The number of hydrogen-bond donors (Lipinski definition) is 0. The normalized spacial score (nSPS) is 11.6. The number of pyridine rings is 1. The molecule has 0 fully saturated rings. The SMILES string of the molecule is CS(=O)(=O)c1cc(F)c(-c2coc(=O)n2-c2cccnc2)cc1F. The van der Waals surface area contributed by atoms with Gasteiger partial charge in [-0.05, 0) is 24.3 Å². The predicted octanol–water partition coefficient (Wildman–Crippen LogP) is 2.17. The second kappa shape index (κ2) is 5.68. The Bertz CT molecular complexity index is 1070. The summed E-state index contributed by atoms with van der Waals surface area (Å²) in [6.45, 7) is 0. The van der Waals surface area contributed by atoms with Gasteiger partial charge in [0, 0.05) is 18.0 Å². The van der Waals surface area contributed by atoms with Gasteiger partial charge in [-0.1, -0.05) is 0 Å². The van der Waals surface area contributed by atoms with Crippen LogP contribution in [-0.2, 0) is 9.84 Å². The van der Waals surface area contributed by atoms with E-state index >= 15 is 0 Å². The second-order valence-corrected chi connectivity index (χ2v) is 6.95. The zero-order valence-corrected chi connectivity index (χ0v) is 13.0. The van der Waals surface area contributed by atoms with E-state index in [1.165, 1.54) is 18.5 Å². The highest BCUT2D eigenvalue weighted by atomic mass is 32.2. The fraction of sp³-hybridized carbons (Fsp3) is 0.0667. The van der Waals surface area contributed by atoms with Gasteiger partial charge in [0.1, 0.15) is 22.8 Å². The van der Waals surface area contributed by atoms with Crippen molar-refractivity contribution >= 4 is 9.84 Å². The van der Waals surface area contributed by atoms with Crippen LogP contribution in [0.4, 0.5) is 8.78 Å². The van der Waals surface area contributed by atoms with Gasteiger partial charge in [-0.2, -0.15) is 0 Å². The van der Waals surface area contributed by atoms with E-state index in [4.69, 9.17) is 4.42 Å². The van der Waals surface area contributed by atoms with Crippen molar-refractivity contribution in [3.05, 3.63) is 65.1 Å². The van der Waals surface area contributed by atoms with E-state index in [0.29, 0.717) is 17.8 Å². The molecule has 0 saturated heterocycles. The summed E-state index contributed by atoms with van der Waals surface area (Å²) in [4.78, 5) is 15.0. The van der Waals surface area contributed by atoms with Gasteiger partial charge in [0.15, 0.2) is 9.84 Å². The molecule has 3 aromatic rings. The maximum Gasteiger partial charge on any atom is 0.424 e. The lowest BCUT2D eigenvalue weighted by Crippen LogP contribution is -2.14. The largest absolute Gasteiger partial charge is 0.424 e. The van der Waals surface area contributed by atoms with Crippen LogP contribution in [0.3, 0.4) is 0 Å². The maximum absolute atomic E-state index is 14.3. The molecule has 0 aliphatic rings. The molecule has 3 rings (SSSR count). The number of rotatable bonds is 3. The smallest absolute Gasteiger partial charge is 0.415 e. The van der Waals surface area contributed by atoms with Crippen LogP contribution in [-0.4, -0.2) is 24.2 Å². The van der Waals surface area contributed by atoms with Crippen LogP contribution in [0.15, 0.2) is 57.0 Å². The molecule has 0 bridgehead atoms. The molecular formula is C15H10F2N2O4S. The molecule has 6 nitrogen and oxygen atoms in total. The molecule has 1 aromatic carbocycles. The zero-order valence-electron chi connectivity index (χ0n) is 12.2. The minimum Gasteiger partial charge on any atom is -0.415 e. The van der Waals surface area contributed by atoms with Crippen LogP contribution >= 0.6 is 0 Å². The molecule has 0 radical (unpaired) electrons. The van der Waals surface area contributed by atoms with Crippen molar-refractivity contribution in [1.29, 1.82) is 0 Å². The van der Waals surface area contributed by atoms with Crippen molar-refractivity contribution in [2.75, 3.05) is 6.26 Å². The van der Waals surface area contributed by atoms with Crippen LogP contribution in [0, 0.1) is 11.6 Å². The minimum absolute atomic E-state index is 0.0653. The van der Waals surface area contributed by atoms with E-state index in [1.807, 2.05) is 0 Å². The van der Waals surface area contributed by atoms with Gasteiger partial charge in [-0.15, -0.1) is 0 Å². The van der Waals surface area contributed by atoms with E-state index in [1.54, 1.807) is 6.07 Å². The van der Waals surface area contributed by atoms with E-state index < -0.39 is 32.1 Å². The highest BCUT2D eigenvalue weighted by Gasteiger charge is 2.22. The van der Waals surface area contributed by atoms with Crippen LogP contribution in [0.25, 0.3) is 16.9 Å². The summed E-state index contributed by atoms with van der Waals surface area (Å²) in [7, 11) is -3.93. The Labute approximate surface area is 134 Å². The summed E-state index contributed by atoms with van der Waals surface area (Å²) in [5, 5.41) is 0. The summed E-state index contributed by atoms with van der Waals surface area (Å²) in [5.41, 5.74) is -0.0858. The average Bonchev–Trinajstić information content (AvgIpc) is 2.90. The van der Waals surface area contributed by atoms with E-state index in [9.17, 15) is 22.0 Å². The Kier molecular flexibility index (Phi) is 3.80. The number of aromatic nitrogens is 2. The lowest BCUT2D eigenvalue weighted by molar-refractivity contribution is 0.504. The molecular weight excluding hydrogens is 342 g/mol. The van der Waals surface area contributed by atoms with Crippen molar-refractivity contribution in [2.24, 2.45) is 0 Å². The van der Waals surface area contributed by atoms with Gasteiger partial charge < -0.3 is 4.42 Å². The van der Waals surface area contributed by atoms with Gasteiger partial charge in [0.2, 0.25) is 0 Å². The highest BCUT2D eigenvalue weighted by Crippen LogP contribution is 2.28. The molecule has 2 aromatic heterocycles. The number of halogens is 2. The first-order chi connectivity index (χ1) is 11.3. The Balaban J connectivity index is 2.26. The lowest BCUT2D eigenvalue weighted by atomic mass is 10.1. The molecule has 0 aliphatic heterocycles. The lowest BCUT2D eigenvalue weighted by Gasteiger charge is -2.09. The Morgan fingerprint density at radius 2 is 1.96 bits per heavy atom. The number of hydrogen-bond acceptors (Lipinski definition) is 5. The molecule has 0 spiro atoms. The number of nitrogens with zero attached hydrogens (tertiary/aromatic N) is 2. The first-order valence-corrected chi connectivity index (χ1v) is 8.48. The van der Waals surface area contributed by atoms with Gasteiger partial charge in [0.05, 0.1) is 17.6 Å². The summed E-state index contributed by atoms with van der Waals surface area (Å²) >= 11 is 0. The second-order valence-electron chi connectivity index (χ2n) is 4.97. The third-order valence-electron chi connectivity index (χ3n) is 3.30. The fourth-order valence-corrected chi connectivity index (χ4v) is 2.96. The van der Waals surface area contributed by atoms with E-state index in [2.05, 4.69) is 4.98 Å². The Morgan fingerprint density at radius 3 is 2.58 bits per heavy atom. The first-order valence-electron chi connectivity index (χ1n) is 6.59. The van der Waals surface area contributed by atoms with E-state index in [-0.39, 0.29) is 11.3 Å². The quantitative estimate of drug-likeness (QED) is 0.721. The van der Waals surface area contributed by atoms with Crippen molar-refractivity contribution in [1.82, 2.24) is 9.55 Å². The molecule has 9 heteroatoms. The number of sulfone groups is 1. The third kappa shape index (κ3) is 2.73. The van der Waals surface area contributed by atoms with Gasteiger partial charge in [-0.25, -0.2) is 26.6 Å². The van der Waals surface area contributed by atoms with E-state index in [0.717, 1.165) is 17.1 Å². The fourth-order valence-electron chi connectivity index (χ4n) is 2.23. The van der Waals surface area contributed by atoms with Gasteiger partial charge in [-0.3, -0.25) is 4.98 Å². The molecule has 0 aliphatic carbocycles. The van der Waals surface area contributed by atoms with Gasteiger partial charge in [0.25, 0.3) is 0 Å². The first kappa shape index (κ1) is 16.1. The topological polar surface area (TPSA) is 82.2 Å². The minimum atomic E-state index is -3.93. The monoisotopic (exact) mass is 352 g/mol. The van der Waals surface area contributed by atoms with Crippen molar-refractivity contribution in [3.8, 4) is 16.9 Å². The van der Waals surface area contributed by atoms with Crippen LogP contribution < -0.4 is 5.76 Å². The molecule has 24 heavy (non-hydrogen) atoms. The average molecular weight is 352 g/mol.